The Morgan fingerprint density at radius 1 is 0.882 bits per heavy atom. The maximum absolute atomic E-state index is 12.9. The SMILES string of the molecule is COc1ccc(N2C[C@H](C(=O)Oc3cccc(N4C(=O)[C@H]5CCCC[C@@H]5C4=O)c3)CC2=O)cc1. The first-order valence-corrected chi connectivity index (χ1v) is 11.6. The first-order chi connectivity index (χ1) is 16.5. The highest BCUT2D eigenvalue weighted by molar-refractivity contribution is 6.22. The van der Waals surface area contributed by atoms with Gasteiger partial charge in [0.05, 0.1) is 30.6 Å². The van der Waals surface area contributed by atoms with Crippen molar-refractivity contribution in [3.63, 3.8) is 0 Å². The third-order valence-corrected chi connectivity index (χ3v) is 6.98. The molecule has 0 radical (unpaired) electrons. The molecule has 3 amide bonds. The summed E-state index contributed by atoms with van der Waals surface area (Å²) in [4.78, 5) is 53.9. The Labute approximate surface area is 197 Å². The van der Waals surface area contributed by atoms with E-state index in [-0.39, 0.29) is 48.3 Å². The summed E-state index contributed by atoms with van der Waals surface area (Å²) < 4.78 is 10.7. The van der Waals surface area contributed by atoms with Gasteiger partial charge in [-0.2, -0.15) is 0 Å². The van der Waals surface area contributed by atoms with Crippen LogP contribution in [-0.4, -0.2) is 37.3 Å². The molecule has 2 heterocycles. The zero-order chi connectivity index (χ0) is 23.8. The van der Waals surface area contributed by atoms with Gasteiger partial charge >= 0.3 is 5.97 Å². The van der Waals surface area contributed by atoms with Crippen LogP contribution in [0.4, 0.5) is 11.4 Å². The van der Waals surface area contributed by atoms with Crippen molar-refractivity contribution in [1.29, 1.82) is 0 Å². The highest BCUT2D eigenvalue weighted by atomic mass is 16.5. The van der Waals surface area contributed by atoms with Crippen LogP contribution in [0.2, 0.25) is 0 Å². The summed E-state index contributed by atoms with van der Waals surface area (Å²) in [5.41, 5.74) is 1.10. The molecule has 0 spiro atoms. The lowest BCUT2D eigenvalue weighted by Gasteiger charge is -2.19. The number of imide groups is 1. The molecule has 3 atom stereocenters. The fourth-order valence-electron chi connectivity index (χ4n) is 5.18. The predicted octanol–water partition coefficient (Wildman–Crippen LogP) is 3.33. The molecule has 8 heteroatoms. The van der Waals surface area contributed by atoms with Crippen LogP contribution in [0, 0.1) is 17.8 Å². The zero-order valence-electron chi connectivity index (χ0n) is 18.9. The topological polar surface area (TPSA) is 93.2 Å². The summed E-state index contributed by atoms with van der Waals surface area (Å²) in [5.74, 6) is -1.21. The van der Waals surface area contributed by atoms with Crippen LogP contribution in [0.1, 0.15) is 32.1 Å². The lowest BCUT2D eigenvalue weighted by Crippen LogP contribution is -2.31. The smallest absolute Gasteiger partial charge is 0.316 e. The van der Waals surface area contributed by atoms with E-state index in [9.17, 15) is 19.2 Å². The number of carbonyl (C=O) groups is 4. The molecular formula is C26H26N2O6. The van der Waals surface area contributed by atoms with Gasteiger partial charge < -0.3 is 14.4 Å². The maximum atomic E-state index is 12.9. The molecule has 8 nitrogen and oxygen atoms in total. The maximum Gasteiger partial charge on any atom is 0.316 e. The number of amides is 3. The van der Waals surface area contributed by atoms with E-state index in [0.717, 1.165) is 25.7 Å². The summed E-state index contributed by atoms with van der Waals surface area (Å²) in [6.45, 7) is 0.218. The number of hydrogen-bond donors (Lipinski definition) is 0. The van der Waals surface area contributed by atoms with Crippen molar-refractivity contribution in [2.45, 2.75) is 32.1 Å². The van der Waals surface area contributed by atoms with Crippen molar-refractivity contribution in [3.05, 3.63) is 48.5 Å². The molecule has 34 heavy (non-hydrogen) atoms. The summed E-state index contributed by atoms with van der Waals surface area (Å²) >= 11 is 0. The minimum atomic E-state index is -0.615. The minimum absolute atomic E-state index is 0.0526. The number of methoxy groups -OCH3 is 1. The molecule has 3 aliphatic rings. The molecular weight excluding hydrogens is 436 g/mol. The van der Waals surface area contributed by atoms with Gasteiger partial charge in [0.15, 0.2) is 0 Å². The molecule has 0 aromatic heterocycles. The van der Waals surface area contributed by atoms with Gasteiger partial charge in [-0.25, -0.2) is 4.90 Å². The zero-order valence-corrected chi connectivity index (χ0v) is 18.9. The van der Waals surface area contributed by atoms with Crippen molar-refractivity contribution < 1.29 is 28.7 Å². The summed E-state index contributed by atoms with van der Waals surface area (Å²) in [6.07, 6.45) is 3.44. The Kier molecular flexibility index (Phi) is 5.81. The number of ether oxygens (including phenoxy) is 2. The third-order valence-electron chi connectivity index (χ3n) is 6.98. The van der Waals surface area contributed by atoms with Gasteiger partial charge in [-0.15, -0.1) is 0 Å². The van der Waals surface area contributed by atoms with Gasteiger partial charge in [-0.1, -0.05) is 18.9 Å². The normalized spacial score (nSPS) is 24.4. The quantitative estimate of drug-likeness (QED) is 0.384. The van der Waals surface area contributed by atoms with E-state index in [0.29, 0.717) is 17.1 Å². The molecule has 0 N–H and O–H groups in total. The number of hydrogen-bond acceptors (Lipinski definition) is 6. The molecule has 2 saturated heterocycles. The number of carbonyl (C=O) groups excluding carboxylic acids is 4. The van der Waals surface area contributed by atoms with Crippen LogP contribution in [0.5, 0.6) is 11.5 Å². The standard InChI is InChI=1S/C26H26N2O6/c1-33-19-11-9-17(10-12-19)27-15-16(13-23(27)29)26(32)34-20-6-4-5-18(14-20)28-24(30)21-7-2-3-8-22(21)25(28)31/h4-6,9-12,14,16,21-22H,2-3,7-8,13,15H2,1H3/t16-,21+,22+/m1/s1. The van der Waals surface area contributed by atoms with Gasteiger partial charge in [0, 0.05) is 24.7 Å². The third kappa shape index (κ3) is 3.93. The molecule has 5 rings (SSSR count). The van der Waals surface area contributed by atoms with Crippen LogP contribution in [0.3, 0.4) is 0 Å². The highest BCUT2D eigenvalue weighted by Crippen LogP contribution is 2.40. The fourth-order valence-corrected chi connectivity index (χ4v) is 5.18. The number of nitrogens with zero attached hydrogens (tertiary/aromatic N) is 2. The second kappa shape index (κ2) is 8.93. The minimum Gasteiger partial charge on any atom is -0.497 e. The number of fused-ring (bicyclic) bond motifs is 1. The largest absolute Gasteiger partial charge is 0.497 e. The Bertz CT molecular complexity index is 1120. The highest BCUT2D eigenvalue weighted by Gasteiger charge is 2.48. The molecule has 176 valence electrons. The van der Waals surface area contributed by atoms with E-state index in [4.69, 9.17) is 9.47 Å². The monoisotopic (exact) mass is 462 g/mol. The molecule has 0 bridgehead atoms. The van der Waals surface area contributed by atoms with Crippen molar-refractivity contribution in [2.75, 3.05) is 23.5 Å². The number of esters is 1. The molecule has 3 fully saturated rings. The van der Waals surface area contributed by atoms with E-state index in [1.54, 1.807) is 60.5 Å². The summed E-state index contributed by atoms with van der Waals surface area (Å²) in [7, 11) is 1.57. The lowest BCUT2D eigenvalue weighted by molar-refractivity contribution is -0.139. The molecule has 1 aliphatic carbocycles. The van der Waals surface area contributed by atoms with Crippen LogP contribution in [-0.2, 0) is 19.2 Å². The molecule has 2 aromatic rings. The predicted molar refractivity (Wildman–Crippen MR) is 123 cm³/mol. The second-order valence-corrected chi connectivity index (χ2v) is 9.03. The second-order valence-electron chi connectivity index (χ2n) is 9.03. The van der Waals surface area contributed by atoms with Gasteiger partial charge in [0.2, 0.25) is 17.7 Å². The Hall–Kier alpha value is -3.68. The summed E-state index contributed by atoms with van der Waals surface area (Å²) in [5, 5.41) is 0. The van der Waals surface area contributed by atoms with Crippen molar-refractivity contribution in [2.24, 2.45) is 17.8 Å². The summed E-state index contributed by atoms with van der Waals surface area (Å²) in [6, 6.07) is 13.6. The van der Waals surface area contributed by atoms with E-state index in [2.05, 4.69) is 0 Å². The van der Waals surface area contributed by atoms with Crippen LogP contribution >= 0.6 is 0 Å². The van der Waals surface area contributed by atoms with E-state index in [1.165, 1.54) is 4.90 Å². The average molecular weight is 463 g/mol. The van der Waals surface area contributed by atoms with Gasteiger partial charge in [-0.3, -0.25) is 19.2 Å². The van der Waals surface area contributed by atoms with E-state index >= 15 is 0 Å². The fraction of sp³-hybridized carbons (Fsp3) is 0.385. The number of anilines is 2. The number of benzene rings is 2. The van der Waals surface area contributed by atoms with E-state index < -0.39 is 11.9 Å². The van der Waals surface area contributed by atoms with Crippen molar-refractivity contribution in [3.8, 4) is 11.5 Å². The average Bonchev–Trinajstić information content (AvgIpc) is 3.37. The number of rotatable bonds is 5. The van der Waals surface area contributed by atoms with Crippen LogP contribution in [0.25, 0.3) is 0 Å². The van der Waals surface area contributed by atoms with Gasteiger partial charge in [-0.05, 0) is 49.2 Å². The Morgan fingerprint density at radius 2 is 1.56 bits per heavy atom. The lowest BCUT2D eigenvalue weighted by atomic mass is 9.81. The van der Waals surface area contributed by atoms with Crippen LogP contribution < -0.4 is 19.3 Å². The first kappa shape index (κ1) is 22.1. The Balaban J connectivity index is 1.27. The van der Waals surface area contributed by atoms with Gasteiger partial charge in [0.25, 0.3) is 0 Å². The molecule has 2 aliphatic heterocycles. The Morgan fingerprint density at radius 3 is 2.21 bits per heavy atom. The molecule has 1 saturated carbocycles. The van der Waals surface area contributed by atoms with Crippen molar-refractivity contribution in [1.82, 2.24) is 0 Å². The van der Waals surface area contributed by atoms with Crippen molar-refractivity contribution >= 4 is 35.1 Å². The molecule has 2 aromatic carbocycles. The van der Waals surface area contributed by atoms with Crippen LogP contribution in [0.15, 0.2) is 48.5 Å². The molecule has 0 unspecified atom stereocenters. The van der Waals surface area contributed by atoms with Gasteiger partial charge in [0.1, 0.15) is 11.5 Å². The first-order valence-electron chi connectivity index (χ1n) is 11.6. The van der Waals surface area contributed by atoms with E-state index in [1.807, 2.05) is 0 Å².